The van der Waals surface area contributed by atoms with Gasteiger partial charge >= 0.3 is 0 Å². The molecule has 8 nitrogen and oxygen atoms in total. The Balaban J connectivity index is 1.75. The van der Waals surface area contributed by atoms with Crippen LogP contribution in [0.5, 0.6) is 0 Å². The summed E-state index contributed by atoms with van der Waals surface area (Å²) in [5, 5.41) is 13.2. The molecule has 2 N–H and O–H groups in total. The predicted molar refractivity (Wildman–Crippen MR) is 105 cm³/mol. The van der Waals surface area contributed by atoms with E-state index in [9.17, 15) is 27.7 Å². The molecule has 0 radical (unpaired) electrons. The van der Waals surface area contributed by atoms with Crippen molar-refractivity contribution in [2.45, 2.75) is 4.90 Å². The number of nitro groups is 1. The Labute approximate surface area is 165 Å². The third-order valence-electron chi connectivity index (χ3n) is 3.86. The third kappa shape index (κ3) is 4.74. The van der Waals surface area contributed by atoms with E-state index in [0.717, 1.165) is 6.07 Å². The van der Waals surface area contributed by atoms with E-state index in [-0.39, 0.29) is 27.5 Å². The molecule has 0 aromatic heterocycles. The molecular weight excluding hydrogens is 401 g/mol. The van der Waals surface area contributed by atoms with Crippen LogP contribution in [0.3, 0.4) is 0 Å². The van der Waals surface area contributed by atoms with Gasteiger partial charge in [-0.1, -0.05) is 18.2 Å². The van der Waals surface area contributed by atoms with Gasteiger partial charge in [0.05, 0.1) is 15.5 Å². The van der Waals surface area contributed by atoms with Crippen molar-refractivity contribution >= 4 is 33.0 Å². The number of rotatable bonds is 6. The number of benzene rings is 3. The van der Waals surface area contributed by atoms with Crippen LogP contribution in [0.25, 0.3) is 0 Å². The third-order valence-corrected chi connectivity index (χ3v) is 5.24. The topological polar surface area (TPSA) is 118 Å². The minimum atomic E-state index is -4.06. The zero-order chi connectivity index (χ0) is 21.0. The lowest BCUT2D eigenvalue weighted by Gasteiger charge is -2.09. The van der Waals surface area contributed by atoms with Crippen LogP contribution >= 0.6 is 0 Å². The molecule has 3 aromatic carbocycles. The number of para-hydroxylation sites is 1. The molecule has 1 amide bonds. The summed E-state index contributed by atoms with van der Waals surface area (Å²) in [5.74, 6) is -1.15. The number of sulfonamides is 1. The predicted octanol–water partition coefficient (Wildman–Crippen LogP) is 3.79. The normalized spacial score (nSPS) is 10.9. The van der Waals surface area contributed by atoms with Crippen LogP contribution in [0.15, 0.2) is 77.7 Å². The Kier molecular flexibility index (Phi) is 5.55. The van der Waals surface area contributed by atoms with E-state index in [4.69, 9.17) is 0 Å². The Morgan fingerprint density at radius 2 is 1.66 bits per heavy atom. The molecule has 0 saturated carbocycles. The van der Waals surface area contributed by atoms with Gasteiger partial charge in [-0.25, -0.2) is 12.8 Å². The van der Waals surface area contributed by atoms with Crippen LogP contribution in [0.4, 0.5) is 21.5 Å². The lowest BCUT2D eigenvalue weighted by molar-refractivity contribution is -0.385. The van der Waals surface area contributed by atoms with Crippen molar-refractivity contribution in [3.8, 4) is 0 Å². The van der Waals surface area contributed by atoms with Crippen molar-refractivity contribution in [3.05, 3.63) is 94.3 Å². The number of carbonyl (C=O) groups is 1. The number of nitrogens with zero attached hydrogens (tertiary/aromatic N) is 1. The first-order valence-electron chi connectivity index (χ1n) is 8.19. The standard InChI is InChI=1S/C19H14FN3O5S/c20-17-6-1-2-7-18(17)21-19(24)13-8-10-14(11-9-13)22-29(27,28)16-5-3-4-15(12-16)23(25)26/h1-12,22H,(H,21,24). The molecular formula is C19H14FN3O5S. The summed E-state index contributed by atoms with van der Waals surface area (Å²) in [6, 6.07) is 15.7. The average molecular weight is 415 g/mol. The summed E-state index contributed by atoms with van der Waals surface area (Å²) in [6.45, 7) is 0. The molecule has 0 fully saturated rings. The van der Waals surface area contributed by atoms with E-state index in [1.165, 1.54) is 60.7 Å². The minimum absolute atomic E-state index is 0.0213. The first-order valence-corrected chi connectivity index (χ1v) is 9.68. The fourth-order valence-corrected chi connectivity index (χ4v) is 3.52. The molecule has 29 heavy (non-hydrogen) atoms. The molecule has 3 aromatic rings. The quantitative estimate of drug-likeness (QED) is 0.469. The number of anilines is 2. The molecule has 0 spiro atoms. The number of hydrogen-bond donors (Lipinski definition) is 2. The number of halogens is 1. The second-order valence-electron chi connectivity index (χ2n) is 5.87. The van der Waals surface area contributed by atoms with Gasteiger partial charge < -0.3 is 5.32 Å². The van der Waals surface area contributed by atoms with Gasteiger partial charge in [-0.3, -0.25) is 19.6 Å². The summed E-state index contributed by atoms with van der Waals surface area (Å²) in [6.07, 6.45) is 0. The zero-order valence-electron chi connectivity index (χ0n) is 14.7. The van der Waals surface area contributed by atoms with Gasteiger partial charge in [-0.2, -0.15) is 0 Å². The molecule has 10 heteroatoms. The lowest BCUT2D eigenvalue weighted by Crippen LogP contribution is -2.14. The summed E-state index contributed by atoms with van der Waals surface area (Å²) in [4.78, 5) is 22.1. The highest BCUT2D eigenvalue weighted by molar-refractivity contribution is 7.92. The highest BCUT2D eigenvalue weighted by atomic mass is 32.2. The number of non-ortho nitro benzene ring substituents is 1. The van der Waals surface area contributed by atoms with E-state index >= 15 is 0 Å². The van der Waals surface area contributed by atoms with E-state index in [1.807, 2.05) is 0 Å². The molecule has 0 aliphatic rings. The molecule has 0 saturated heterocycles. The van der Waals surface area contributed by atoms with Gasteiger partial charge in [-0.05, 0) is 42.5 Å². The van der Waals surface area contributed by atoms with Gasteiger partial charge in [0.2, 0.25) is 0 Å². The van der Waals surface area contributed by atoms with Gasteiger partial charge in [0.25, 0.3) is 21.6 Å². The van der Waals surface area contributed by atoms with E-state index in [0.29, 0.717) is 0 Å². The van der Waals surface area contributed by atoms with E-state index in [2.05, 4.69) is 10.0 Å². The maximum atomic E-state index is 13.6. The molecule has 0 aliphatic heterocycles. The number of nitrogens with one attached hydrogen (secondary N) is 2. The Hall–Kier alpha value is -3.79. The van der Waals surface area contributed by atoms with Crippen LogP contribution in [-0.4, -0.2) is 19.2 Å². The van der Waals surface area contributed by atoms with Crippen molar-refractivity contribution in [2.24, 2.45) is 0 Å². The van der Waals surface area contributed by atoms with Crippen LogP contribution in [0.1, 0.15) is 10.4 Å². The Morgan fingerprint density at radius 1 is 0.966 bits per heavy atom. The molecule has 0 atom stereocenters. The Bertz CT molecular complexity index is 1180. The molecule has 0 unspecified atom stereocenters. The average Bonchev–Trinajstić information content (AvgIpc) is 2.70. The molecule has 3 rings (SSSR count). The molecule has 0 aliphatic carbocycles. The lowest BCUT2D eigenvalue weighted by atomic mass is 10.2. The van der Waals surface area contributed by atoms with Crippen molar-refractivity contribution in [3.63, 3.8) is 0 Å². The molecule has 0 heterocycles. The van der Waals surface area contributed by atoms with Crippen LogP contribution in [0.2, 0.25) is 0 Å². The summed E-state index contributed by atoms with van der Waals surface area (Å²) in [5.41, 5.74) is 0.00601. The molecule has 148 valence electrons. The first kappa shape index (κ1) is 20.0. The van der Waals surface area contributed by atoms with Gasteiger partial charge in [0.1, 0.15) is 5.82 Å². The largest absolute Gasteiger partial charge is 0.319 e. The zero-order valence-corrected chi connectivity index (χ0v) is 15.5. The van der Waals surface area contributed by atoms with E-state index in [1.54, 1.807) is 6.07 Å². The SMILES string of the molecule is O=C(Nc1ccccc1F)c1ccc(NS(=O)(=O)c2cccc([N+](=O)[O-])c2)cc1. The minimum Gasteiger partial charge on any atom is -0.319 e. The highest BCUT2D eigenvalue weighted by Gasteiger charge is 2.18. The van der Waals surface area contributed by atoms with E-state index < -0.39 is 26.7 Å². The van der Waals surface area contributed by atoms with Crippen molar-refractivity contribution in [1.29, 1.82) is 0 Å². The van der Waals surface area contributed by atoms with Crippen LogP contribution in [-0.2, 0) is 10.0 Å². The van der Waals surface area contributed by atoms with Gasteiger partial charge in [0.15, 0.2) is 0 Å². The van der Waals surface area contributed by atoms with Crippen molar-refractivity contribution in [2.75, 3.05) is 10.0 Å². The summed E-state index contributed by atoms with van der Waals surface area (Å²) < 4.78 is 40.7. The fraction of sp³-hybridized carbons (Fsp3) is 0. The first-order chi connectivity index (χ1) is 13.8. The van der Waals surface area contributed by atoms with Crippen LogP contribution < -0.4 is 10.0 Å². The molecule has 0 bridgehead atoms. The second kappa shape index (κ2) is 8.07. The maximum absolute atomic E-state index is 13.6. The number of carbonyl (C=O) groups excluding carboxylic acids is 1. The van der Waals surface area contributed by atoms with Gasteiger partial charge in [-0.15, -0.1) is 0 Å². The maximum Gasteiger partial charge on any atom is 0.270 e. The number of nitro benzene ring substituents is 1. The Morgan fingerprint density at radius 3 is 2.31 bits per heavy atom. The monoisotopic (exact) mass is 415 g/mol. The van der Waals surface area contributed by atoms with Gasteiger partial charge in [0, 0.05) is 23.4 Å². The summed E-state index contributed by atoms with van der Waals surface area (Å²) >= 11 is 0. The highest BCUT2D eigenvalue weighted by Crippen LogP contribution is 2.21. The summed E-state index contributed by atoms with van der Waals surface area (Å²) in [7, 11) is -4.06. The number of amides is 1. The fourth-order valence-electron chi connectivity index (χ4n) is 2.43. The smallest absolute Gasteiger partial charge is 0.270 e. The second-order valence-corrected chi connectivity index (χ2v) is 7.55. The van der Waals surface area contributed by atoms with Crippen molar-refractivity contribution < 1.29 is 22.5 Å². The number of hydrogen-bond acceptors (Lipinski definition) is 5. The van der Waals surface area contributed by atoms with Crippen molar-refractivity contribution in [1.82, 2.24) is 0 Å². The van der Waals surface area contributed by atoms with Crippen LogP contribution in [0, 0.1) is 15.9 Å².